The van der Waals surface area contributed by atoms with Crippen molar-refractivity contribution in [3.8, 4) is 118 Å². The third kappa shape index (κ3) is 9.27. The van der Waals surface area contributed by atoms with E-state index in [2.05, 4.69) is 387 Å². The first kappa shape index (κ1) is 62.8. The van der Waals surface area contributed by atoms with Gasteiger partial charge in [-0.1, -0.05) is 258 Å². The minimum absolute atomic E-state index is 0.642. The average molecular weight is 1430 g/mol. The fourth-order valence-corrected chi connectivity index (χ4v) is 28.5. The molecule has 15 aromatic carbocycles. The molecule has 0 saturated carbocycles. The van der Waals surface area contributed by atoms with Gasteiger partial charge in [0.2, 0.25) is 0 Å². The van der Waals surface area contributed by atoms with E-state index in [4.69, 9.17) is 9.97 Å². The van der Waals surface area contributed by atoms with Crippen molar-refractivity contribution in [2.24, 2.45) is 0 Å². The number of rotatable bonds is 9. The maximum atomic E-state index is 5.68. The van der Waals surface area contributed by atoms with Crippen LogP contribution in [0.4, 0.5) is 0 Å². The highest BCUT2D eigenvalue weighted by atomic mass is 28.3. The Morgan fingerprint density at radius 2 is 0.472 bits per heavy atom. The van der Waals surface area contributed by atoms with Crippen molar-refractivity contribution in [2.45, 2.75) is 39.3 Å². The van der Waals surface area contributed by atoms with Gasteiger partial charge in [0.15, 0.2) is 5.82 Å². The summed E-state index contributed by atoms with van der Waals surface area (Å²) < 4.78 is 7.29. The molecule has 7 heterocycles. The van der Waals surface area contributed by atoms with Crippen LogP contribution in [0.25, 0.3) is 183 Å². The minimum Gasteiger partial charge on any atom is -0.309 e. The number of fused-ring (bicyclic) bond motifs is 18. The lowest BCUT2D eigenvalue weighted by atomic mass is 9.98. The van der Waals surface area contributed by atoms with Gasteiger partial charge >= 0.3 is 0 Å². The van der Waals surface area contributed by atoms with Gasteiger partial charge in [-0.2, -0.15) is 0 Å². The molecule has 0 aliphatic carbocycles. The van der Waals surface area contributed by atoms with E-state index in [1.165, 1.54) is 130 Å². The highest BCUT2D eigenvalue weighted by Gasteiger charge is 2.40. The first-order valence-electron chi connectivity index (χ1n) is 37.8. The smallest absolute Gasteiger partial charge is 0.160 e. The summed E-state index contributed by atoms with van der Waals surface area (Å²) in [6.07, 6.45) is 0. The van der Waals surface area contributed by atoms with Gasteiger partial charge in [-0.25, -0.2) is 9.97 Å². The van der Waals surface area contributed by atoms with Gasteiger partial charge in [0.25, 0.3) is 0 Å². The highest BCUT2D eigenvalue weighted by molar-refractivity contribution is 7.05. The van der Waals surface area contributed by atoms with E-state index in [1.54, 1.807) is 0 Å². The molecule has 0 saturated heterocycles. The van der Waals surface area contributed by atoms with Crippen LogP contribution in [-0.2, 0) is 0 Å². The van der Waals surface area contributed by atoms with Crippen molar-refractivity contribution < 1.29 is 0 Å². The van der Waals surface area contributed by atoms with Crippen molar-refractivity contribution in [3.63, 3.8) is 0 Å². The molecule has 0 N–H and O–H groups in total. The molecule has 0 spiro atoms. The Balaban J connectivity index is 0.679. The number of benzene rings is 15. The Bertz CT molecular complexity index is 6440. The average Bonchev–Trinajstić information content (AvgIpc) is 1.59. The molecule has 8 heteroatoms. The number of hydrogen-bond acceptors (Lipinski definition) is 2. The molecule has 3 aliphatic heterocycles. The predicted molar refractivity (Wildman–Crippen MR) is 464 cm³/mol. The summed E-state index contributed by atoms with van der Waals surface area (Å²) in [5, 5.41) is 16.4. The molecule has 108 heavy (non-hydrogen) atoms. The van der Waals surface area contributed by atoms with Crippen LogP contribution < -0.4 is 31.1 Å². The summed E-state index contributed by atoms with van der Waals surface area (Å²) in [4.78, 5) is 11.4. The predicted octanol–water partition coefficient (Wildman–Crippen LogP) is 22.2. The molecule has 22 rings (SSSR count). The fourth-order valence-electron chi connectivity index (χ4n) is 19.3. The lowest BCUT2D eigenvalue weighted by molar-refractivity contribution is 1.15. The van der Waals surface area contributed by atoms with Crippen LogP contribution in [-0.4, -0.2) is 47.9 Å². The molecule has 510 valence electrons. The lowest BCUT2D eigenvalue weighted by Crippen LogP contribution is -2.49. The van der Waals surface area contributed by atoms with E-state index in [9.17, 15) is 0 Å². The first-order chi connectivity index (χ1) is 52.8. The normalized spacial score (nSPS) is 14.1. The molecule has 0 fully saturated rings. The number of hydrogen-bond donors (Lipinski definition) is 0. The largest absolute Gasteiger partial charge is 0.309 e. The van der Waals surface area contributed by atoms with Crippen LogP contribution in [0.5, 0.6) is 0 Å². The molecule has 3 aliphatic rings. The zero-order chi connectivity index (χ0) is 72.1. The summed E-state index contributed by atoms with van der Waals surface area (Å²) in [5.74, 6) is 0.642. The zero-order valence-corrected chi connectivity index (χ0v) is 64.0. The SMILES string of the molecule is C[Si]1(C)c2ccccc2-c2cc(-c3ccc4c(c3)c3ccccc3n4-c3cccc(-c4cc(-c5cccc(-n6c7ccccc7c7cc(-c8ccc9c(c8)-c8ccccc8[Si]9(C)C)ccc76)c5)nc(-c5cccc(-n6c7ccccc7c7cc(-c8ccc9c(c8)-c8ccccc8[Si]9(C)C)ccc76)c5)n4)c3)ccc21. The molecule has 0 amide bonds. The maximum Gasteiger partial charge on any atom is 0.160 e. The lowest BCUT2D eigenvalue weighted by Gasteiger charge is -2.18. The quantitative estimate of drug-likeness (QED) is 0.135. The van der Waals surface area contributed by atoms with E-state index < -0.39 is 24.2 Å². The van der Waals surface area contributed by atoms with Crippen LogP contribution in [0.3, 0.4) is 0 Å². The molecule has 0 radical (unpaired) electrons. The van der Waals surface area contributed by atoms with Gasteiger partial charge in [0.05, 0.1) is 44.5 Å². The topological polar surface area (TPSA) is 40.6 Å². The Labute approximate surface area is 630 Å². The zero-order valence-electron chi connectivity index (χ0n) is 61.0. The third-order valence-electron chi connectivity index (χ3n) is 24.7. The molecular weight excluding hydrogens is 1360 g/mol. The second kappa shape index (κ2) is 23.2. The molecule has 4 aromatic heterocycles. The van der Waals surface area contributed by atoms with Gasteiger partial charge in [-0.3, -0.25) is 0 Å². The maximum absolute atomic E-state index is 5.68. The van der Waals surface area contributed by atoms with Crippen LogP contribution >= 0.6 is 0 Å². The third-order valence-corrected chi connectivity index (χ3v) is 35.4. The summed E-state index contributed by atoms with van der Waals surface area (Å²) in [7, 11) is -5.41. The standard InChI is InChI=1S/C100H73N5Si3/c1-106(2)94-37-16-10-31-77(94)83-58-65(43-49-97(83)106)62-40-46-91-80(55-62)74-28-7-13-34-88(74)103(91)71-25-19-22-68(52-71)86-61-87(69-23-20-26-72(53-69)104-89-35-14-8-29-75(89)81-56-63(41-47-92(81)104)66-44-50-98-84(59-66)78-32-11-17-38-95(78)107(98,3)4)102-100(101-86)70-24-21-27-73(54-70)105-90-36-15-9-30-76(90)82-57-64(42-48-93(82)105)67-45-51-99-85(60-67)79-33-12-18-39-96(79)108(99,5)6/h7-61H,1-6H3. The molecule has 5 nitrogen and oxygen atoms in total. The molecule has 19 aromatic rings. The van der Waals surface area contributed by atoms with Gasteiger partial charge in [-0.15, -0.1) is 0 Å². The highest BCUT2D eigenvalue weighted by Crippen LogP contribution is 2.44. The van der Waals surface area contributed by atoms with Gasteiger partial charge in [0, 0.05) is 66.1 Å². The van der Waals surface area contributed by atoms with E-state index >= 15 is 0 Å². The number of para-hydroxylation sites is 3. The van der Waals surface area contributed by atoms with E-state index in [1.807, 2.05) is 0 Å². The fraction of sp³-hybridized carbons (Fsp3) is 0.0600. The van der Waals surface area contributed by atoms with Crippen molar-refractivity contribution in [1.29, 1.82) is 0 Å². The summed E-state index contributed by atoms with van der Waals surface area (Å²) in [5.41, 5.74) is 30.3. The van der Waals surface area contributed by atoms with Crippen molar-refractivity contribution >= 4 is 121 Å². The molecule has 0 bridgehead atoms. The van der Waals surface area contributed by atoms with E-state index in [0.717, 1.165) is 78.2 Å². The Kier molecular flexibility index (Phi) is 13.5. The van der Waals surface area contributed by atoms with Gasteiger partial charge < -0.3 is 13.7 Å². The van der Waals surface area contributed by atoms with E-state index in [-0.39, 0.29) is 0 Å². The van der Waals surface area contributed by atoms with Gasteiger partial charge in [-0.05, 0) is 213 Å². The van der Waals surface area contributed by atoms with Crippen LogP contribution in [0.2, 0.25) is 39.3 Å². The van der Waals surface area contributed by atoms with Crippen molar-refractivity contribution in [3.05, 3.63) is 334 Å². The van der Waals surface area contributed by atoms with Crippen molar-refractivity contribution in [2.75, 3.05) is 0 Å². The minimum atomic E-state index is -1.80. The Morgan fingerprint density at radius 3 is 0.833 bits per heavy atom. The van der Waals surface area contributed by atoms with Crippen LogP contribution in [0, 0.1) is 0 Å². The summed E-state index contributed by atoms with van der Waals surface area (Å²) in [6, 6.07) is 126. The number of nitrogens with zero attached hydrogens (tertiary/aromatic N) is 5. The number of aromatic nitrogens is 5. The molecule has 0 unspecified atom stereocenters. The first-order valence-corrected chi connectivity index (χ1v) is 46.8. The van der Waals surface area contributed by atoms with E-state index in [0.29, 0.717) is 5.82 Å². The summed E-state index contributed by atoms with van der Waals surface area (Å²) in [6.45, 7) is 14.9. The second-order valence-corrected chi connectivity index (χ2v) is 44.6. The Hall–Kier alpha value is -12.6. The van der Waals surface area contributed by atoms with Gasteiger partial charge in [0.1, 0.15) is 24.2 Å². The molecule has 0 atom stereocenters. The summed E-state index contributed by atoms with van der Waals surface area (Å²) >= 11 is 0. The second-order valence-electron chi connectivity index (χ2n) is 31.7. The van der Waals surface area contributed by atoms with Crippen molar-refractivity contribution in [1.82, 2.24) is 23.7 Å². The monoisotopic (exact) mass is 1430 g/mol. The Morgan fingerprint density at radius 1 is 0.194 bits per heavy atom. The molecular formula is C100H73N5Si3. The van der Waals surface area contributed by atoms with Crippen LogP contribution in [0.1, 0.15) is 0 Å². The van der Waals surface area contributed by atoms with Crippen LogP contribution in [0.15, 0.2) is 334 Å².